The molecule has 1 heterocycles. The van der Waals surface area contributed by atoms with Gasteiger partial charge in [0.1, 0.15) is 30.2 Å². The van der Waals surface area contributed by atoms with Gasteiger partial charge in [-0.05, 0) is 17.7 Å². The summed E-state index contributed by atoms with van der Waals surface area (Å²) in [7, 11) is 0. The van der Waals surface area contributed by atoms with Gasteiger partial charge in [0.2, 0.25) is 12.5 Å². The maximum Gasteiger partial charge on any atom is 0.235 e. The largest absolute Gasteiger partial charge is 0.462 e. The van der Waals surface area contributed by atoms with E-state index in [1.165, 1.54) is 18.2 Å². The third-order valence-corrected chi connectivity index (χ3v) is 3.37. The Morgan fingerprint density at radius 3 is 2.39 bits per heavy atom. The van der Waals surface area contributed by atoms with E-state index in [1.54, 1.807) is 12.1 Å². The molecule has 1 aromatic rings. The van der Waals surface area contributed by atoms with E-state index in [1.807, 2.05) is 0 Å². The average Bonchev–Trinajstić information content (AvgIpc) is 2.54. The third-order valence-electron chi connectivity index (χ3n) is 3.37. The molecule has 1 aliphatic rings. The zero-order valence-corrected chi connectivity index (χ0v) is 11.9. The van der Waals surface area contributed by atoms with Crippen molar-refractivity contribution in [3.05, 3.63) is 46.1 Å². The minimum Gasteiger partial charge on any atom is -0.462 e. The Labute approximate surface area is 131 Å². The highest BCUT2D eigenvalue weighted by atomic mass is 16.7. The lowest BCUT2D eigenvalue weighted by Gasteiger charge is -2.39. The Balaban J connectivity index is 2.04. The molecule has 23 heavy (non-hydrogen) atoms. The number of aliphatic hydroxyl groups excluding tert-OH is 4. The van der Waals surface area contributed by atoms with Crippen LogP contribution in [-0.2, 0) is 4.74 Å². The molecule has 2 rings (SSSR count). The van der Waals surface area contributed by atoms with E-state index >= 15 is 0 Å². The number of hydrogen-bond donors (Lipinski definition) is 4. The molecule has 0 amide bonds. The summed E-state index contributed by atoms with van der Waals surface area (Å²) in [6.45, 7) is -0.546. The molecular weight excluding hydrogens is 310 g/mol. The van der Waals surface area contributed by atoms with E-state index in [9.17, 15) is 25.4 Å². The van der Waals surface area contributed by atoms with E-state index in [0.717, 1.165) is 6.20 Å². The number of aliphatic hydroxyl groups is 4. The number of benzene rings is 1. The number of nitro groups is 1. The second kappa shape index (κ2) is 7.49. The number of ether oxygens (including phenoxy) is 2. The monoisotopic (exact) mass is 327 g/mol. The first-order valence-electron chi connectivity index (χ1n) is 6.81. The molecule has 9 heteroatoms. The standard InChI is InChI=1S/C14H17NO8/c16-7-10-11(17)12(18)13(19)14(23-10)22-9-3-1-8(2-4-9)5-6-15(20)21/h1-6,10-14,16-19H,7H2/t10-,11+,12+,13-,14+/m1/s1. The summed E-state index contributed by atoms with van der Waals surface area (Å²) in [4.78, 5) is 9.66. The van der Waals surface area contributed by atoms with Gasteiger partial charge >= 0.3 is 0 Å². The van der Waals surface area contributed by atoms with Crippen LogP contribution in [0.25, 0.3) is 6.08 Å². The lowest BCUT2D eigenvalue weighted by Crippen LogP contribution is -2.60. The molecule has 9 nitrogen and oxygen atoms in total. The Bertz CT molecular complexity index is 558. The first-order valence-corrected chi connectivity index (χ1v) is 6.81. The van der Waals surface area contributed by atoms with Crippen LogP contribution in [0.3, 0.4) is 0 Å². The van der Waals surface area contributed by atoms with E-state index in [0.29, 0.717) is 5.56 Å². The summed E-state index contributed by atoms with van der Waals surface area (Å²) >= 11 is 0. The third kappa shape index (κ3) is 4.24. The quantitative estimate of drug-likeness (QED) is 0.403. The molecule has 1 saturated heterocycles. The Hall–Kier alpha value is -2.04. The summed E-state index contributed by atoms with van der Waals surface area (Å²) in [6, 6.07) is 6.11. The smallest absolute Gasteiger partial charge is 0.235 e. The molecule has 0 aromatic heterocycles. The minimum absolute atomic E-state index is 0.285. The normalized spacial score (nSPS) is 31.2. The molecule has 1 aliphatic heterocycles. The molecule has 126 valence electrons. The highest BCUT2D eigenvalue weighted by molar-refractivity contribution is 5.49. The lowest BCUT2D eigenvalue weighted by molar-refractivity contribution is -0.400. The maximum atomic E-state index is 10.2. The molecule has 0 bridgehead atoms. The summed E-state index contributed by atoms with van der Waals surface area (Å²) in [6.07, 6.45) is -4.70. The van der Waals surface area contributed by atoms with E-state index < -0.39 is 42.2 Å². The molecule has 5 atom stereocenters. The summed E-state index contributed by atoms with van der Waals surface area (Å²) in [5.41, 5.74) is 0.572. The topological polar surface area (TPSA) is 143 Å². The first-order chi connectivity index (χ1) is 10.9. The average molecular weight is 327 g/mol. The van der Waals surface area contributed by atoms with Gasteiger partial charge in [-0.1, -0.05) is 12.1 Å². The first kappa shape index (κ1) is 17.3. The molecule has 1 fully saturated rings. The second-order valence-corrected chi connectivity index (χ2v) is 4.99. The fraction of sp³-hybridized carbons (Fsp3) is 0.429. The van der Waals surface area contributed by atoms with Crippen LogP contribution in [0.1, 0.15) is 5.56 Å². The van der Waals surface area contributed by atoms with Crippen molar-refractivity contribution in [1.29, 1.82) is 0 Å². The fourth-order valence-corrected chi connectivity index (χ4v) is 2.10. The highest BCUT2D eigenvalue weighted by Crippen LogP contribution is 2.24. The second-order valence-electron chi connectivity index (χ2n) is 4.99. The summed E-state index contributed by atoms with van der Waals surface area (Å²) in [5.74, 6) is 0.285. The van der Waals surface area contributed by atoms with E-state index in [2.05, 4.69) is 0 Å². The summed E-state index contributed by atoms with van der Waals surface area (Å²) < 4.78 is 10.6. The number of hydrogen-bond acceptors (Lipinski definition) is 8. The van der Waals surface area contributed by atoms with Crippen molar-refractivity contribution < 1.29 is 34.8 Å². The van der Waals surface area contributed by atoms with Gasteiger partial charge in [0.25, 0.3) is 0 Å². The molecular formula is C14H17NO8. The van der Waals surface area contributed by atoms with Gasteiger partial charge in [-0.2, -0.15) is 0 Å². The van der Waals surface area contributed by atoms with Crippen molar-refractivity contribution >= 4 is 6.08 Å². The van der Waals surface area contributed by atoms with E-state index in [-0.39, 0.29) is 5.75 Å². The van der Waals surface area contributed by atoms with Crippen LogP contribution in [0.15, 0.2) is 30.5 Å². The molecule has 0 saturated carbocycles. The SMILES string of the molecule is O=[N+]([O-])C=Cc1ccc(O[C@H]2O[C@H](CO)[C@H](O)[C@H](O)[C@H]2O)cc1. The van der Waals surface area contributed by atoms with Gasteiger partial charge in [-0.25, -0.2) is 0 Å². The van der Waals surface area contributed by atoms with E-state index in [4.69, 9.17) is 14.6 Å². The van der Waals surface area contributed by atoms with Crippen LogP contribution in [0, 0.1) is 10.1 Å². The van der Waals surface area contributed by atoms with Crippen molar-refractivity contribution in [1.82, 2.24) is 0 Å². The van der Waals surface area contributed by atoms with Crippen molar-refractivity contribution in [3.63, 3.8) is 0 Å². The number of nitrogens with zero attached hydrogens (tertiary/aromatic N) is 1. The van der Waals surface area contributed by atoms with Crippen molar-refractivity contribution in [2.45, 2.75) is 30.7 Å². The maximum absolute atomic E-state index is 10.2. The highest BCUT2D eigenvalue weighted by Gasteiger charge is 2.44. The Kier molecular flexibility index (Phi) is 5.64. The molecule has 0 spiro atoms. The predicted molar refractivity (Wildman–Crippen MR) is 76.9 cm³/mol. The molecule has 4 N–H and O–H groups in total. The molecule has 1 aromatic carbocycles. The zero-order chi connectivity index (χ0) is 17.0. The van der Waals surface area contributed by atoms with Crippen LogP contribution < -0.4 is 4.74 Å². The van der Waals surface area contributed by atoms with Crippen molar-refractivity contribution in [2.24, 2.45) is 0 Å². The van der Waals surface area contributed by atoms with Gasteiger partial charge in [-0.15, -0.1) is 0 Å². The van der Waals surface area contributed by atoms with Crippen LogP contribution in [-0.4, -0.2) is 62.7 Å². The van der Waals surface area contributed by atoms with Gasteiger partial charge in [0, 0.05) is 6.08 Å². The van der Waals surface area contributed by atoms with Crippen molar-refractivity contribution in [2.75, 3.05) is 6.61 Å². The van der Waals surface area contributed by atoms with Crippen LogP contribution >= 0.6 is 0 Å². The lowest BCUT2D eigenvalue weighted by atomic mass is 9.99. The van der Waals surface area contributed by atoms with Crippen LogP contribution in [0.2, 0.25) is 0 Å². The van der Waals surface area contributed by atoms with Gasteiger partial charge in [0.15, 0.2) is 0 Å². The van der Waals surface area contributed by atoms with Crippen LogP contribution in [0.4, 0.5) is 0 Å². The van der Waals surface area contributed by atoms with Gasteiger partial charge in [-0.3, -0.25) is 10.1 Å². The molecule has 0 radical (unpaired) electrons. The van der Waals surface area contributed by atoms with Crippen LogP contribution in [0.5, 0.6) is 5.75 Å². The summed E-state index contributed by atoms with van der Waals surface area (Å²) in [5, 5.41) is 48.5. The Morgan fingerprint density at radius 1 is 1.17 bits per heavy atom. The van der Waals surface area contributed by atoms with Gasteiger partial charge < -0.3 is 29.9 Å². The predicted octanol–water partition coefficient (Wildman–Crippen LogP) is -0.887. The number of rotatable bonds is 5. The van der Waals surface area contributed by atoms with Crippen molar-refractivity contribution in [3.8, 4) is 5.75 Å². The molecule has 0 aliphatic carbocycles. The zero-order valence-electron chi connectivity index (χ0n) is 11.9. The Morgan fingerprint density at radius 2 is 1.83 bits per heavy atom. The minimum atomic E-state index is -1.52. The molecule has 0 unspecified atom stereocenters. The van der Waals surface area contributed by atoms with Gasteiger partial charge in [0.05, 0.1) is 11.5 Å². The fourth-order valence-electron chi connectivity index (χ4n) is 2.10.